The van der Waals surface area contributed by atoms with Crippen LogP contribution in [-0.2, 0) is 25.7 Å². The standard InChI is InChI=1S/C9H12O2.C5H9NO2.C2H4O/c1-10-7-8-3-5-9(11-2)6-4-8;7-5-6-1-3-8-4-2-6;1-2-3/h3-6H,7H2,1-2H3;5H,1-4H2;2H,1H3. The summed E-state index contributed by atoms with van der Waals surface area (Å²) in [7, 11) is 3.34. The van der Waals surface area contributed by atoms with Gasteiger partial charge in [0.1, 0.15) is 12.0 Å². The van der Waals surface area contributed by atoms with E-state index in [0.29, 0.717) is 19.8 Å². The zero-order chi connectivity index (χ0) is 16.6. The van der Waals surface area contributed by atoms with Gasteiger partial charge in [0.2, 0.25) is 6.41 Å². The number of hydrogen-bond donors (Lipinski definition) is 0. The third-order valence-electron chi connectivity index (χ3n) is 2.66. The molecule has 6 heteroatoms. The molecule has 1 heterocycles. The van der Waals surface area contributed by atoms with E-state index in [9.17, 15) is 4.79 Å². The van der Waals surface area contributed by atoms with Crippen LogP contribution in [0.2, 0.25) is 0 Å². The monoisotopic (exact) mass is 311 g/mol. The van der Waals surface area contributed by atoms with E-state index in [1.165, 1.54) is 6.92 Å². The number of carbonyl (C=O) groups excluding carboxylic acids is 2. The summed E-state index contributed by atoms with van der Waals surface area (Å²) >= 11 is 0. The summed E-state index contributed by atoms with van der Waals surface area (Å²) in [4.78, 5) is 20.5. The van der Waals surface area contributed by atoms with E-state index in [-0.39, 0.29) is 0 Å². The number of ether oxygens (including phenoxy) is 3. The largest absolute Gasteiger partial charge is 0.497 e. The number of amides is 1. The van der Waals surface area contributed by atoms with Crippen molar-refractivity contribution >= 4 is 12.7 Å². The van der Waals surface area contributed by atoms with Crippen LogP contribution in [-0.4, -0.2) is 58.1 Å². The highest BCUT2D eigenvalue weighted by atomic mass is 16.5. The second-order valence-corrected chi connectivity index (χ2v) is 4.27. The quantitative estimate of drug-likeness (QED) is 0.789. The van der Waals surface area contributed by atoms with Crippen molar-refractivity contribution in [3.63, 3.8) is 0 Å². The Balaban J connectivity index is 0.000000352. The second-order valence-electron chi connectivity index (χ2n) is 4.27. The van der Waals surface area contributed by atoms with Gasteiger partial charge in [-0.25, -0.2) is 0 Å². The van der Waals surface area contributed by atoms with Crippen LogP contribution >= 0.6 is 0 Å². The van der Waals surface area contributed by atoms with Gasteiger partial charge < -0.3 is 23.9 Å². The van der Waals surface area contributed by atoms with E-state index in [4.69, 9.17) is 19.0 Å². The maximum absolute atomic E-state index is 10.0. The molecule has 1 saturated heterocycles. The summed E-state index contributed by atoms with van der Waals surface area (Å²) in [6.45, 7) is 4.99. The lowest BCUT2D eigenvalue weighted by Crippen LogP contribution is -2.34. The molecule has 0 saturated carbocycles. The Morgan fingerprint density at radius 2 is 1.68 bits per heavy atom. The predicted molar refractivity (Wildman–Crippen MR) is 83.9 cm³/mol. The molecule has 0 atom stereocenters. The van der Waals surface area contributed by atoms with E-state index < -0.39 is 0 Å². The molecular formula is C16H25NO5. The minimum atomic E-state index is 0.657. The second kappa shape index (κ2) is 14.0. The number of morpholine rings is 1. The first-order chi connectivity index (χ1) is 10.7. The molecule has 0 bridgehead atoms. The zero-order valence-corrected chi connectivity index (χ0v) is 13.5. The topological polar surface area (TPSA) is 65.1 Å². The molecule has 1 aromatic carbocycles. The fourth-order valence-corrected chi connectivity index (χ4v) is 1.57. The number of rotatable bonds is 4. The number of hydrogen-bond acceptors (Lipinski definition) is 5. The first kappa shape index (κ1) is 20.1. The third-order valence-corrected chi connectivity index (χ3v) is 2.66. The lowest BCUT2D eigenvalue weighted by molar-refractivity contribution is -0.121. The Morgan fingerprint density at radius 1 is 1.14 bits per heavy atom. The highest BCUT2D eigenvalue weighted by Crippen LogP contribution is 2.11. The van der Waals surface area contributed by atoms with Crippen LogP contribution in [0.25, 0.3) is 0 Å². The van der Waals surface area contributed by atoms with Gasteiger partial charge >= 0.3 is 0 Å². The Labute approximate surface area is 132 Å². The van der Waals surface area contributed by atoms with Crippen molar-refractivity contribution in [1.29, 1.82) is 0 Å². The summed E-state index contributed by atoms with van der Waals surface area (Å²) in [5.41, 5.74) is 1.16. The summed E-state index contributed by atoms with van der Waals surface area (Å²) in [5, 5.41) is 0. The third kappa shape index (κ3) is 9.90. The maximum Gasteiger partial charge on any atom is 0.209 e. The van der Waals surface area contributed by atoms with Gasteiger partial charge in [0.25, 0.3) is 0 Å². The van der Waals surface area contributed by atoms with Crippen molar-refractivity contribution in [1.82, 2.24) is 4.90 Å². The molecule has 22 heavy (non-hydrogen) atoms. The SMILES string of the molecule is CC=O.COCc1ccc(OC)cc1.O=CN1CCOCC1. The fraction of sp³-hybridized carbons (Fsp3) is 0.500. The smallest absolute Gasteiger partial charge is 0.209 e. The summed E-state index contributed by atoms with van der Waals surface area (Å²) in [5.74, 6) is 0.879. The van der Waals surface area contributed by atoms with Gasteiger partial charge in [-0.2, -0.15) is 0 Å². The van der Waals surface area contributed by atoms with E-state index in [1.54, 1.807) is 19.1 Å². The zero-order valence-electron chi connectivity index (χ0n) is 13.5. The minimum absolute atomic E-state index is 0.657. The highest BCUT2D eigenvalue weighted by Gasteiger charge is 2.05. The molecule has 0 spiro atoms. The molecule has 6 nitrogen and oxygen atoms in total. The molecule has 0 aromatic heterocycles. The van der Waals surface area contributed by atoms with Crippen molar-refractivity contribution in [2.24, 2.45) is 0 Å². The molecule has 1 fully saturated rings. The molecule has 2 rings (SSSR count). The first-order valence-electron chi connectivity index (χ1n) is 7.00. The summed E-state index contributed by atoms with van der Waals surface area (Å²) in [6, 6.07) is 7.83. The average molecular weight is 311 g/mol. The van der Waals surface area contributed by atoms with Crippen LogP contribution in [0.5, 0.6) is 5.75 Å². The molecule has 124 valence electrons. The van der Waals surface area contributed by atoms with Gasteiger partial charge in [0.05, 0.1) is 26.9 Å². The maximum atomic E-state index is 10.0. The molecule has 1 aliphatic rings. The van der Waals surface area contributed by atoms with Gasteiger partial charge in [-0.05, 0) is 24.6 Å². The Hall–Kier alpha value is -1.92. The fourth-order valence-electron chi connectivity index (χ4n) is 1.57. The number of benzene rings is 1. The molecular weight excluding hydrogens is 286 g/mol. The molecule has 1 aliphatic heterocycles. The predicted octanol–water partition coefficient (Wildman–Crippen LogP) is 1.52. The lowest BCUT2D eigenvalue weighted by Gasteiger charge is -2.21. The van der Waals surface area contributed by atoms with Crippen molar-refractivity contribution < 1.29 is 23.8 Å². The molecule has 0 aliphatic carbocycles. The van der Waals surface area contributed by atoms with Crippen LogP contribution < -0.4 is 4.74 Å². The van der Waals surface area contributed by atoms with E-state index >= 15 is 0 Å². The number of carbonyl (C=O) groups is 2. The van der Waals surface area contributed by atoms with Crippen molar-refractivity contribution in [2.45, 2.75) is 13.5 Å². The molecule has 0 unspecified atom stereocenters. The van der Waals surface area contributed by atoms with Gasteiger partial charge in [0, 0.05) is 20.2 Å². The van der Waals surface area contributed by atoms with E-state index in [2.05, 4.69) is 0 Å². The normalized spacial score (nSPS) is 13.0. The van der Waals surface area contributed by atoms with E-state index in [0.717, 1.165) is 37.1 Å². The summed E-state index contributed by atoms with van der Waals surface area (Å²) < 4.78 is 15.0. The number of aldehydes is 1. The molecule has 1 aromatic rings. The van der Waals surface area contributed by atoms with Crippen LogP contribution in [0, 0.1) is 0 Å². The van der Waals surface area contributed by atoms with Gasteiger partial charge in [-0.1, -0.05) is 12.1 Å². The van der Waals surface area contributed by atoms with E-state index in [1.807, 2.05) is 24.3 Å². The van der Waals surface area contributed by atoms with Crippen LogP contribution in [0.15, 0.2) is 24.3 Å². The van der Waals surface area contributed by atoms with Crippen molar-refractivity contribution in [3.8, 4) is 5.75 Å². The van der Waals surface area contributed by atoms with Crippen molar-refractivity contribution in [2.75, 3.05) is 40.5 Å². The van der Waals surface area contributed by atoms with Crippen molar-refractivity contribution in [3.05, 3.63) is 29.8 Å². The Bertz CT molecular complexity index is 388. The Kier molecular flexibility index (Phi) is 12.8. The molecule has 1 amide bonds. The summed E-state index contributed by atoms with van der Waals surface area (Å²) in [6.07, 6.45) is 1.61. The highest BCUT2D eigenvalue weighted by molar-refractivity contribution is 5.46. The van der Waals surface area contributed by atoms with Gasteiger partial charge in [0.15, 0.2) is 0 Å². The number of methoxy groups -OCH3 is 2. The Morgan fingerprint density at radius 3 is 2.05 bits per heavy atom. The van der Waals surface area contributed by atoms with Gasteiger partial charge in [-0.15, -0.1) is 0 Å². The first-order valence-corrected chi connectivity index (χ1v) is 7.00. The number of nitrogens with zero attached hydrogens (tertiary/aromatic N) is 1. The molecule has 0 radical (unpaired) electrons. The average Bonchev–Trinajstić information content (AvgIpc) is 2.58. The van der Waals surface area contributed by atoms with Gasteiger partial charge in [-0.3, -0.25) is 4.79 Å². The lowest BCUT2D eigenvalue weighted by atomic mass is 10.2. The van der Waals surface area contributed by atoms with Crippen LogP contribution in [0.3, 0.4) is 0 Å². The minimum Gasteiger partial charge on any atom is -0.497 e. The molecule has 0 N–H and O–H groups in total. The van der Waals surface area contributed by atoms with Crippen LogP contribution in [0.1, 0.15) is 12.5 Å². The van der Waals surface area contributed by atoms with Crippen LogP contribution in [0.4, 0.5) is 0 Å².